The molecule has 0 unspecified atom stereocenters. The standard InChI is InChI=1S/C16H28N2O5S/c1-3-17(2)8-14-9-23-16(12-24(14,20)21)10-18(11-16)15(19)13-4-6-22-7-5-13/h13-14H,3-12H2,1-2H3/t14-/m0/s1. The van der Waals surface area contributed by atoms with Crippen molar-refractivity contribution in [3.63, 3.8) is 0 Å². The maximum atomic E-state index is 12.6. The summed E-state index contributed by atoms with van der Waals surface area (Å²) in [6.07, 6.45) is 1.51. The van der Waals surface area contributed by atoms with Crippen LogP contribution in [0.25, 0.3) is 0 Å². The summed E-state index contributed by atoms with van der Waals surface area (Å²) in [5.74, 6) is 0.166. The molecule has 0 aliphatic carbocycles. The Morgan fingerprint density at radius 2 is 1.96 bits per heavy atom. The summed E-state index contributed by atoms with van der Waals surface area (Å²) in [5, 5.41) is -0.465. The van der Waals surface area contributed by atoms with Crippen molar-refractivity contribution in [2.45, 2.75) is 30.6 Å². The molecule has 3 heterocycles. The third-order valence-electron chi connectivity index (χ3n) is 5.44. The molecule has 3 aliphatic heterocycles. The van der Waals surface area contributed by atoms with Crippen LogP contribution in [0.3, 0.4) is 0 Å². The lowest BCUT2D eigenvalue weighted by molar-refractivity contribution is -0.171. The summed E-state index contributed by atoms with van der Waals surface area (Å²) in [7, 11) is -1.28. The molecule has 1 amide bonds. The fourth-order valence-electron chi connectivity index (χ4n) is 3.73. The van der Waals surface area contributed by atoms with Gasteiger partial charge in [-0.05, 0) is 26.4 Å². The number of amides is 1. The number of nitrogens with zero attached hydrogens (tertiary/aromatic N) is 2. The van der Waals surface area contributed by atoms with E-state index in [4.69, 9.17) is 9.47 Å². The number of sulfone groups is 1. The Hall–Kier alpha value is -0.700. The first-order valence-corrected chi connectivity index (χ1v) is 10.5. The second-order valence-corrected chi connectivity index (χ2v) is 9.64. The first kappa shape index (κ1) is 18.1. The average Bonchev–Trinajstić information content (AvgIpc) is 2.54. The highest BCUT2D eigenvalue weighted by molar-refractivity contribution is 7.92. The predicted octanol–water partition coefficient (Wildman–Crippen LogP) is -0.241. The van der Waals surface area contributed by atoms with Crippen molar-refractivity contribution >= 4 is 15.7 Å². The molecule has 0 N–H and O–H groups in total. The maximum absolute atomic E-state index is 12.6. The summed E-state index contributed by atoms with van der Waals surface area (Å²) in [6.45, 7) is 5.61. The van der Waals surface area contributed by atoms with Gasteiger partial charge in [-0.3, -0.25) is 4.79 Å². The van der Waals surface area contributed by atoms with Gasteiger partial charge in [0.05, 0.1) is 30.7 Å². The normalized spacial score (nSPS) is 29.6. The van der Waals surface area contributed by atoms with Crippen LogP contribution in [-0.4, -0.2) is 93.8 Å². The predicted molar refractivity (Wildman–Crippen MR) is 89.6 cm³/mol. The van der Waals surface area contributed by atoms with Crippen molar-refractivity contribution in [1.82, 2.24) is 9.80 Å². The lowest BCUT2D eigenvalue weighted by atomic mass is 9.91. The molecule has 7 nitrogen and oxygen atoms in total. The van der Waals surface area contributed by atoms with Gasteiger partial charge in [-0.15, -0.1) is 0 Å². The van der Waals surface area contributed by atoms with Crippen LogP contribution in [0.15, 0.2) is 0 Å². The number of hydrogen-bond donors (Lipinski definition) is 0. The number of carbonyl (C=O) groups is 1. The number of ether oxygens (including phenoxy) is 2. The number of rotatable bonds is 4. The van der Waals surface area contributed by atoms with Crippen molar-refractivity contribution in [3.05, 3.63) is 0 Å². The Morgan fingerprint density at radius 1 is 1.29 bits per heavy atom. The van der Waals surface area contributed by atoms with Gasteiger partial charge in [0, 0.05) is 25.7 Å². The lowest BCUT2D eigenvalue weighted by Crippen LogP contribution is -2.71. The largest absolute Gasteiger partial charge is 0.381 e. The Labute approximate surface area is 144 Å². The fourth-order valence-corrected chi connectivity index (χ4v) is 5.72. The molecule has 0 saturated carbocycles. The van der Waals surface area contributed by atoms with Gasteiger partial charge in [0.25, 0.3) is 0 Å². The van der Waals surface area contributed by atoms with E-state index in [-0.39, 0.29) is 24.2 Å². The van der Waals surface area contributed by atoms with Crippen molar-refractivity contribution in [2.24, 2.45) is 5.92 Å². The van der Waals surface area contributed by atoms with Crippen LogP contribution in [-0.2, 0) is 24.1 Å². The molecule has 3 saturated heterocycles. The molecule has 0 aromatic heterocycles. The van der Waals surface area contributed by atoms with Gasteiger partial charge in [0.1, 0.15) is 5.60 Å². The van der Waals surface area contributed by atoms with E-state index >= 15 is 0 Å². The van der Waals surface area contributed by atoms with E-state index in [1.165, 1.54) is 0 Å². The molecule has 1 atom stereocenters. The van der Waals surface area contributed by atoms with Crippen LogP contribution in [0.1, 0.15) is 19.8 Å². The molecule has 0 aromatic carbocycles. The van der Waals surface area contributed by atoms with Crippen LogP contribution in [0.5, 0.6) is 0 Å². The maximum Gasteiger partial charge on any atom is 0.226 e. The third kappa shape index (κ3) is 3.61. The van der Waals surface area contributed by atoms with E-state index in [1.807, 2.05) is 18.9 Å². The second kappa shape index (κ2) is 6.90. The van der Waals surface area contributed by atoms with Crippen LogP contribution in [0.2, 0.25) is 0 Å². The van der Waals surface area contributed by atoms with Crippen molar-refractivity contribution in [2.75, 3.05) is 58.8 Å². The van der Waals surface area contributed by atoms with Crippen LogP contribution < -0.4 is 0 Å². The third-order valence-corrected chi connectivity index (χ3v) is 7.67. The van der Waals surface area contributed by atoms with E-state index in [2.05, 4.69) is 0 Å². The first-order chi connectivity index (χ1) is 11.4. The summed E-state index contributed by atoms with van der Waals surface area (Å²) in [5.41, 5.74) is -0.680. The molecule has 0 aromatic rings. The lowest BCUT2D eigenvalue weighted by Gasteiger charge is -2.53. The molecule has 0 bridgehead atoms. The zero-order valence-electron chi connectivity index (χ0n) is 14.6. The van der Waals surface area contributed by atoms with E-state index < -0.39 is 20.7 Å². The molecule has 1 spiro atoms. The minimum atomic E-state index is -3.20. The monoisotopic (exact) mass is 360 g/mol. The number of likely N-dealkylation sites (tertiary alicyclic amines) is 1. The molecule has 3 fully saturated rings. The Bertz CT molecular complexity index is 567. The van der Waals surface area contributed by atoms with Gasteiger partial charge < -0.3 is 19.3 Å². The Balaban J connectivity index is 1.55. The molecule has 3 aliphatic rings. The zero-order valence-corrected chi connectivity index (χ0v) is 15.4. The summed E-state index contributed by atoms with van der Waals surface area (Å²) in [4.78, 5) is 16.2. The highest BCUT2D eigenvalue weighted by atomic mass is 32.2. The number of carbonyl (C=O) groups excluding carboxylic acids is 1. The Kier molecular flexibility index (Phi) is 5.20. The second-order valence-electron chi connectivity index (χ2n) is 7.36. The van der Waals surface area contributed by atoms with Crippen molar-refractivity contribution in [1.29, 1.82) is 0 Å². The quantitative estimate of drug-likeness (QED) is 0.689. The highest BCUT2D eigenvalue weighted by Gasteiger charge is 2.54. The van der Waals surface area contributed by atoms with E-state index in [0.717, 1.165) is 19.4 Å². The molecule has 138 valence electrons. The molecular weight excluding hydrogens is 332 g/mol. The zero-order chi connectivity index (χ0) is 17.4. The fraction of sp³-hybridized carbons (Fsp3) is 0.938. The number of hydrogen-bond acceptors (Lipinski definition) is 6. The van der Waals surface area contributed by atoms with Gasteiger partial charge in [-0.1, -0.05) is 6.92 Å². The van der Waals surface area contributed by atoms with Gasteiger partial charge in [-0.25, -0.2) is 8.42 Å². The highest BCUT2D eigenvalue weighted by Crippen LogP contribution is 2.34. The summed E-state index contributed by atoms with van der Waals surface area (Å²) >= 11 is 0. The van der Waals surface area contributed by atoms with E-state index in [1.54, 1.807) is 4.90 Å². The summed E-state index contributed by atoms with van der Waals surface area (Å²) < 4.78 is 36.4. The van der Waals surface area contributed by atoms with E-state index in [9.17, 15) is 13.2 Å². The minimum absolute atomic E-state index is 0.0160. The van der Waals surface area contributed by atoms with Crippen molar-refractivity contribution in [3.8, 4) is 0 Å². The molecule has 24 heavy (non-hydrogen) atoms. The van der Waals surface area contributed by atoms with Gasteiger partial charge in [0.2, 0.25) is 5.91 Å². The van der Waals surface area contributed by atoms with E-state index in [0.29, 0.717) is 32.8 Å². The van der Waals surface area contributed by atoms with Crippen LogP contribution in [0.4, 0.5) is 0 Å². The van der Waals surface area contributed by atoms with Gasteiger partial charge >= 0.3 is 0 Å². The van der Waals surface area contributed by atoms with Gasteiger partial charge in [-0.2, -0.15) is 0 Å². The molecule has 3 rings (SSSR count). The molecular formula is C16H28N2O5S. The van der Waals surface area contributed by atoms with Crippen LogP contribution >= 0.6 is 0 Å². The first-order valence-electron chi connectivity index (χ1n) is 8.76. The minimum Gasteiger partial charge on any atom is -0.381 e. The topological polar surface area (TPSA) is 76.2 Å². The molecule has 8 heteroatoms. The van der Waals surface area contributed by atoms with Crippen LogP contribution in [0, 0.1) is 5.92 Å². The SMILES string of the molecule is CCN(C)C[C@H]1COC2(CN(C(=O)C3CCOCC3)C2)CS1(=O)=O. The van der Waals surface area contributed by atoms with Crippen molar-refractivity contribution < 1.29 is 22.7 Å². The van der Waals surface area contributed by atoms with Gasteiger partial charge in [0.15, 0.2) is 9.84 Å². The molecule has 0 radical (unpaired) electrons. The average molecular weight is 360 g/mol. The summed E-state index contributed by atoms with van der Waals surface area (Å²) in [6, 6.07) is 0. The Morgan fingerprint density at radius 3 is 2.54 bits per heavy atom. The smallest absolute Gasteiger partial charge is 0.226 e.